The zero-order chi connectivity index (χ0) is 23.8. The number of aromatic nitrogens is 2. The first kappa shape index (κ1) is 22.1. The highest BCUT2D eigenvalue weighted by Crippen LogP contribution is 2.30. The summed E-state index contributed by atoms with van der Waals surface area (Å²) < 4.78 is 7.54. The second kappa shape index (κ2) is 8.92. The molecule has 34 heavy (non-hydrogen) atoms. The Hall–Kier alpha value is -3.69. The van der Waals surface area contributed by atoms with E-state index in [2.05, 4.69) is 15.2 Å². The maximum atomic E-state index is 13.1. The number of rotatable bonds is 5. The van der Waals surface area contributed by atoms with Crippen molar-refractivity contribution >= 4 is 33.4 Å². The summed E-state index contributed by atoms with van der Waals surface area (Å²) in [4.78, 5) is 33.4. The molecule has 1 saturated heterocycles. The van der Waals surface area contributed by atoms with Crippen molar-refractivity contribution in [1.29, 1.82) is 0 Å². The van der Waals surface area contributed by atoms with Gasteiger partial charge in [0.2, 0.25) is 0 Å². The highest BCUT2D eigenvalue weighted by Gasteiger charge is 2.24. The molecule has 0 spiro atoms. The van der Waals surface area contributed by atoms with E-state index in [0.29, 0.717) is 32.4 Å². The lowest BCUT2D eigenvalue weighted by atomic mass is 10.2. The van der Waals surface area contributed by atoms with Crippen LogP contribution >= 0.6 is 11.3 Å². The summed E-state index contributed by atoms with van der Waals surface area (Å²) in [7, 11) is 2.04. The minimum Gasteiger partial charge on any atom is -0.457 e. The highest BCUT2D eigenvalue weighted by molar-refractivity contribution is 7.20. The molecule has 1 aliphatic heterocycles. The molecule has 3 N–H and O–H groups in total. The summed E-state index contributed by atoms with van der Waals surface area (Å²) in [5.41, 5.74) is 7.58. The third-order valence-electron chi connectivity index (χ3n) is 5.93. The number of likely N-dealkylation sites (N-methyl/N-ethyl adjacent to an activating group) is 1. The van der Waals surface area contributed by atoms with Crippen LogP contribution in [0.1, 0.15) is 21.7 Å². The zero-order valence-electron chi connectivity index (χ0n) is 18.9. The molecule has 9 heteroatoms. The molecular weight excluding hydrogens is 450 g/mol. The van der Waals surface area contributed by atoms with E-state index in [9.17, 15) is 9.59 Å². The zero-order valence-corrected chi connectivity index (χ0v) is 19.8. The van der Waals surface area contributed by atoms with Crippen molar-refractivity contribution in [3.05, 3.63) is 75.4 Å². The van der Waals surface area contributed by atoms with Crippen LogP contribution in [0.25, 0.3) is 16.0 Å². The highest BCUT2D eigenvalue weighted by atomic mass is 32.1. The third-order valence-corrected chi connectivity index (χ3v) is 6.95. The molecule has 0 unspecified atom stereocenters. The summed E-state index contributed by atoms with van der Waals surface area (Å²) >= 11 is 1.22. The van der Waals surface area contributed by atoms with Crippen molar-refractivity contribution in [2.24, 2.45) is 0 Å². The number of nitrogens with two attached hydrogens (primary N) is 1. The van der Waals surface area contributed by atoms with Gasteiger partial charge in [-0.3, -0.25) is 14.2 Å². The minimum absolute atomic E-state index is 0.109. The van der Waals surface area contributed by atoms with Gasteiger partial charge in [0.25, 0.3) is 11.5 Å². The first-order chi connectivity index (χ1) is 16.4. The normalized spacial score (nSPS) is 16.1. The van der Waals surface area contributed by atoms with Crippen molar-refractivity contribution in [2.75, 3.05) is 25.9 Å². The monoisotopic (exact) mass is 475 g/mol. The molecule has 2 aromatic carbocycles. The van der Waals surface area contributed by atoms with Gasteiger partial charge in [-0.1, -0.05) is 24.3 Å². The van der Waals surface area contributed by atoms with Crippen molar-refractivity contribution in [2.45, 2.75) is 19.4 Å². The number of likely N-dealkylation sites (tertiary alicyclic amines) is 1. The Labute approximate surface area is 200 Å². The summed E-state index contributed by atoms with van der Waals surface area (Å²) in [6, 6.07) is 16.8. The van der Waals surface area contributed by atoms with Crippen LogP contribution in [0.5, 0.6) is 11.5 Å². The number of fused-ring (bicyclic) bond motifs is 1. The van der Waals surface area contributed by atoms with E-state index in [0.717, 1.165) is 25.1 Å². The molecule has 5 rings (SSSR count). The van der Waals surface area contributed by atoms with Crippen LogP contribution in [0.2, 0.25) is 0 Å². The number of nitrogens with zero attached hydrogens (tertiary/aromatic N) is 3. The smallest absolute Gasteiger partial charge is 0.298 e. The average Bonchev–Trinajstić information content (AvgIpc) is 3.43. The van der Waals surface area contributed by atoms with Gasteiger partial charge in [0.15, 0.2) is 5.82 Å². The van der Waals surface area contributed by atoms with Gasteiger partial charge in [-0.05, 0) is 56.8 Å². The predicted octanol–water partition coefficient (Wildman–Crippen LogP) is 3.56. The molecule has 0 aliphatic carbocycles. The number of carbonyl (C=O) groups is 1. The van der Waals surface area contributed by atoms with Crippen LogP contribution < -0.4 is 21.3 Å². The van der Waals surface area contributed by atoms with Gasteiger partial charge < -0.3 is 20.7 Å². The van der Waals surface area contributed by atoms with E-state index in [1.165, 1.54) is 15.9 Å². The molecule has 1 amide bonds. The maximum Gasteiger partial charge on any atom is 0.298 e. The number of anilines is 1. The number of benzene rings is 2. The standard InChI is InChI=1S/C25H25N5O3S/c1-15-8-9-17(12-20(15)33-18-6-4-3-5-7-18)30-19-13-21(34-24(19)28-22(26)25(30)32)23(31)27-16-10-11-29(2)14-16/h3-9,12-13,16H,10-11,14H2,1-2H3,(H2,26,28)(H,27,31)/t16-/m1/s1. The van der Waals surface area contributed by atoms with E-state index in [1.807, 2.05) is 56.4 Å². The lowest BCUT2D eigenvalue weighted by Gasteiger charge is -2.13. The number of hydrogen-bond acceptors (Lipinski definition) is 7. The number of nitrogen functional groups attached to an aromatic ring is 1. The van der Waals surface area contributed by atoms with Crippen LogP contribution in [0.3, 0.4) is 0 Å². The Morgan fingerprint density at radius 3 is 2.74 bits per heavy atom. The predicted molar refractivity (Wildman–Crippen MR) is 134 cm³/mol. The van der Waals surface area contributed by atoms with Gasteiger partial charge >= 0.3 is 0 Å². The van der Waals surface area contributed by atoms with Crippen molar-refractivity contribution in [1.82, 2.24) is 19.8 Å². The number of para-hydroxylation sites is 1. The summed E-state index contributed by atoms with van der Waals surface area (Å²) in [5, 5.41) is 3.08. The fourth-order valence-corrected chi connectivity index (χ4v) is 5.05. The molecule has 2 aromatic heterocycles. The Kier molecular flexibility index (Phi) is 5.80. The molecule has 174 valence electrons. The van der Waals surface area contributed by atoms with E-state index >= 15 is 0 Å². The van der Waals surface area contributed by atoms with Crippen LogP contribution in [-0.2, 0) is 0 Å². The van der Waals surface area contributed by atoms with Crippen molar-refractivity contribution in [3.8, 4) is 17.2 Å². The van der Waals surface area contributed by atoms with Gasteiger partial charge in [-0.2, -0.15) is 0 Å². The molecule has 0 saturated carbocycles. The Morgan fingerprint density at radius 1 is 1.21 bits per heavy atom. The van der Waals surface area contributed by atoms with Gasteiger partial charge in [0, 0.05) is 18.7 Å². The lowest BCUT2D eigenvalue weighted by Crippen LogP contribution is -2.36. The average molecular weight is 476 g/mol. The Morgan fingerprint density at radius 2 is 2.00 bits per heavy atom. The minimum atomic E-state index is -0.441. The summed E-state index contributed by atoms with van der Waals surface area (Å²) in [6.45, 7) is 3.71. The lowest BCUT2D eigenvalue weighted by molar-refractivity contribution is 0.0942. The van der Waals surface area contributed by atoms with Crippen LogP contribution in [0.4, 0.5) is 5.82 Å². The largest absolute Gasteiger partial charge is 0.457 e. The molecule has 0 radical (unpaired) electrons. The first-order valence-corrected chi connectivity index (χ1v) is 11.9. The second-order valence-corrected chi connectivity index (χ2v) is 9.56. The molecule has 1 atom stereocenters. The SMILES string of the molecule is Cc1ccc(-n2c(=O)c(N)nc3sc(C(=O)N[C@@H]4CCN(C)C4)cc32)cc1Oc1ccccc1. The number of thiophene rings is 1. The van der Waals surface area contributed by atoms with Crippen LogP contribution in [0.15, 0.2) is 59.4 Å². The molecule has 8 nitrogen and oxygen atoms in total. The molecule has 4 aromatic rings. The number of aryl methyl sites for hydroxylation is 1. The third kappa shape index (κ3) is 4.27. The topological polar surface area (TPSA) is 102 Å². The van der Waals surface area contributed by atoms with E-state index in [-0.39, 0.29) is 17.8 Å². The van der Waals surface area contributed by atoms with Crippen molar-refractivity contribution < 1.29 is 9.53 Å². The fraction of sp³-hybridized carbons (Fsp3) is 0.240. The van der Waals surface area contributed by atoms with Gasteiger partial charge in [0.05, 0.1) is 16.1 Å². The van der Waals surface area contributed by atoms with E-state index in [4.69, 9.17) is 10.5 Å². The van der Waals surface area contributed by atoms with Crippen molar-refractivity contribution in [3.63, 3.8) is 0 Å². The number of hydrogen-bond donors (Lipinski definition) is 2. The number of ether oxygens (including phenoxy) is 1. The van der Waals surface area contributed by atoms with E-state index < -0.39 is 5.56 Å². The molecule has 3 heterocycles. The quantitative estimate of drug-likeness (QED) is 0.458. The summed E-state index contributed by atoms with van der Waals surface area (Å²) in [5.74, 6) is 1.03. The maximum absolute atomic E-state index is 13.1. The fourth-order valence-electron chi connectivity index (χ4n) is 4.12. The molecule has 1 fully saturated rings. The van der Waals surface area contributed by atoms with Gasteiger partial charge in [-0.25, -0.2) is 4.98 Å². The molecule has 1 aliphatic rings. The number of amides is 1. The first-order valence-electron chi connectivity index (χ1n) is 11.0. The molecule has 0 bridgehead atoms. The number of carbonyl (C=O) groups excluding carboxylic acids is 1. The summed E-state index contributed by atoms with van der Waals surface area (Å²) in [6.07, 6.45) is 0.913. The van der Waals surface area contributed by atoms with Crippen LogP contribution in [-0.4, -0.2) is 46.5 Å². The van der Waals surface area contributed by atoms with E-state index in [1.54, 1.807) is 12.1 Å². The van der Waals surface area contributed by atoms with Crippen LogP contribution in [0, 0.1) is 6.92 Å². The van der Waals surface area contributed by atoms with Gasteiger partial charge in [-0.15, -0.1) is 11.3 Å². The molecular formula is C25H25N5O3S. The van der Waals surface area contributed by atoms with Gasteiger partial charge in [0.1, 0.15) is 16.3 Å². The second-order valence-electron chi connectivity index (χ2n) is 8.52. The Balaban J connectivity index is 1.54. The number of nitrogens with one attached hydrogen (secondary N) is 1. The Bertz CT molecular complexity index is 1430.